The number of ether oxygens (including phenoxy) is 1. The van der Waals surface area contributed by atoms with Crippen molar-refractivity contribution < 1.29 is 19.2 Å². The molecule has 2 aromatic rings. The predicted octanol–water partition coefficient (Wildman–Crippen LogP) is 3.87. The van der Waals surface area contributed by atoms with Crippen LogP contribution in [0.15, 0.2) is 48.5 Å². The number of carbonyl (C=O) groups is 2. The molecular weight excluding hydrogens is 432 g/mol. The third kappa shape index (κ3) is 6.42. The second-order valence-corrected chi connectivity index (χ2v) is 9.52. The van der Waals surface area contributed by atoms with Crippen molar-refractivity contribution in [2.75, 3.05) is 26.2 Å². The van der Waals surface area contributed by atoms with Crippen molar-refractivity contribution in [1.82, 2.24) is 9.55 Å². The highest BCUT2D eigenvalue weighted by Crippen LogP contribution is 2.28. The maximum Gasteiger partial charge on any atom is 0.339 e. The number of hydrogen-bond acceptors (Lipinski definition) is 5. The molecule has 2 amide bonds. The number of nitrogens with one attached hydrogen (secondary N) is 1. The Hall–Kier alpha value is -3.23. The predicted molar refractivity (Wildman–Crippen MR) is 133 cm³/mol. The van der Waals surface area contributed by atoms with Gasteiger partial charge in [0.2, 0.25) is 0 Å². The van der Waals surface area contributed by atoms with Crippen LogP contribution in [0.25, 0.3) is 0 Å². The number of nitrogens with two attached hydrogens (primary N) is 1. The van der Waals surface area contributed by atoms with Crippen LogP contribution >= 0.6 is 0 Å². The lowest BCUT2D eigenvalue weighted by molar-refractivity contribution is -0.209. The summed E-state index contributed by atoms with van der Waals surface area (Å²) in [6.07, 6.45) is 3.40. The zero-order valence-electron chi connectivity index (χ0n) is 20.3. The van der Waals surface area contributed by atoms with Gasteiger partial charge in [-0.2, -0.15) is 4.84 Å². The first-order valence-electron chi connectivity index (χ1n) is 11.7. The molecule has 3 N–H and O–H groups in total. The van der Waals surface area contributed by atoms with Gasteiger partial charge in [0.15, 0.2) is 5.69 Å². The van der Waals surface area contributed by atoms with Gasteiger partial charge in [-0.25, -0.2) is 4.79 Å². The molecule has 8 nitrogen and oxygen atoms in total. The van der Waals surface area contributed by atoms with Crippen LogP contribution in [0.2, 0.25) is 0 Å². The molecule has 1 heterocycles. The highest BCUT2D eigenvalue weighted by Gasteiger charge is 2.38. The van der Waals surface area contributed by atoms with Gasteiger partial charge in [0.05, 0.1) is 6.61 Å². The minimum atomic E-state index is -0.582. The monoisotopic (exact) mass is 467 g/mol. The number of likely N-dealkylation sites (tertiary alicyclic amines) is 1. The van der Waals surface area contributed by atoms with Crippen LogP contribution in [0.4, 0.5) is 5.69 Å². The molecule has 0 aliphatic carbocycles. The molecule has 1 saturated heterocycles. The first kappa shape index (κ1) is 25.4. The van der Waals surface area contributed by atoms with Gasteiger partial charge in [0.25, 0.3) is 5.91 Å². The topological polar surface area (TPSA) is 106 Å². The van der Waals surface area contributed by atoms with Crippen LogP contribution in [0.3, 0.4) is 0 Å². The average molecular weight is 468 g/mol. The van der Waals surface area contributed by atoms with E-state index in [1.807, 2.05) is 25.7 Å². The van der Waals surface area contributed by atoms with E-state index in [1.165, 1.54) is 0 Å². The molecule has 2 aromatic carbocycles. The lowest BCUT2D eigenvalue weighted by Crippen LogP contribution is -2.53. The second-order valence-electron chi connectivity index (χ2n) is 9.52. The Labute approximate surface area is 201 Å². The van der Waals surface area contributed by atoms with E-state index in [0.29, 0.717) is 42.1 Å². The van der Waals surface area contributed by atoms with Crippen molar-refractivity contribution in [2.45, 2.75) is 45.6 Å². The Balaban J connectivity index is 1.72. The van der Waals surface area contributed by atoms with Crippen LogP contribution in [0.5, 0.6) is 5.75 Å². The van der Waals surface area contributed by atoms with E-state index >= 15 is 0 Å². The molecule has 1 aliphatic rings. The molecule has 34 heavy (non-hydrogen) atoms. The number of hydrogen-bond donors (Lipinski definition) is 2. The van der Waals surface area contributed by atoms with Gasteiger partial charge >= 0.3 is 6.41 Å². The molecule has 1 unspecified atom stereocenters. The first-order chi connectivity index (χ1) is 16.1. The minimum Gasteiger partial charge on any atom is -0.493 e. The third-order valence-electron chi connectivity index (χ3n) is 5.60. The molecule has 0 bridgehead atoms. The number of hydroxylamine groups is 2. The van der Waals surface area contributed by atoms with Crippen LogP contribution in [0.1, 0.15) is 56.0 Å². The van der Waals surface area contributed by atoms with Crippen LogP contribution in [-0.2, 0) is 9.63 Å². The standard InChI is InChI=1S/C26H35N4O4/c1-26(2,3)34-30(19-31,16-7-17-33-23-9-6-8-21(18-23)24(27)28)22-12-10-20(11-13-22)25(32)29-14-4-5-15-29/h6,8-13,18-19H,4-5,7,14-17H2,1-3H3,(H3,27,28)/q+1. The number of nitrogen functional groups attached to an aromatic ring is 1. The minimum absolute atomic E-state index is 0.0196. The van der Waals surface area contributed by atoms with Crippen LogP contribution in [0, 0.1) is 5.41 Å². The molecule has 0 radical (unpaired) electrons. The summed E-state index contributed by atoms with van der Waals surface area (Å²) in [6, 6.07) is 14.2. The summed E-state index contributed by atoms with van der Waals surface area (Å²) in [5, 5.41) is 7.56. The lowest BCUT2D eigenvalue weighted by atomic mass is 10.1. The van der Waals surface area contributed by atoms with E-state index in [1.54, 1.807) is 48.5 Å². The Kier molecular flexibility index (Phi) is 8.06. The molecular formula is C26H35N4O4+. The second kappa shape index (κ2) is 10.8. The molecule has 1 aliphatic heterocycles. The summed E-state index contributed by atoms with van der Waals surface area (Å²) in [7, 11) is 0. The fourth-order valence-corrected chi connectivity index (χ4v) is 4.05. The number of quaternary nitrogens is 1. The number of benzene rings is 2. The highest BCUT2D eigenvalue weighted by molar-refractivity contribution is 5.95. The summed E-state index contributed by atoms with van der Waals surface area (Å²) in [6.45, 7) is 7.99. The van der Waals surface area contributed by atoms with Crippen molar-refractivity contribution in [3.05, 3.63) is 59.7 Å². The molecule has 1 atom stereocenters. The molecule has 0 aromatic heterocycles. The molecule has 0 saturated carbocycles. The van der Waals surface area contributed by atoms with E-state index in [2.05, 4.69) is 0 Å². The Bertz CT molecular complexity index is 1010. The number of nitrogens with zero attached hydrogens (tertiary/aromatic N) is 2. The van der Waals surface area contributed by atoms with Crippen molar-refractivity contribution in [2.24, 2.45) is 5.73 Å². The van der Waals surface area contributed by atoms with Crippen molar-refractivity contribution in [3.63, 3.8) is 0 Å². The SMILES string of the molecule is CC(C)(C)O[N+](C=O)(CCCOc1cccc(C(=N)N)c1)c1ccc(C(=O)N2CCCC2)cc1. The molecule has 182 valence electrons. The van der Waals surface area contributed by atoms with E-state index in [4.69, 9.17) is 20.7 Å². The summed E-state index contributed by atoms with van der Waals surface area (Å²) in [5.41, 5.74) is 6.82. The van der Waals surface area contributed by atoms with E-state index in [0.717, 1.165) is 32.3 Å². The quantitative estimate of drug-likeness (QED) is 0.138. The third-order valence-corrected chi connectivity index (χ3v) is 5.60. The lowest BCUT2D eigenvalue weighted by Gasteiger charge is -2.34. The summed E-state index contributed by atoms with van der Waals surface area (Å²) in [4.78, 5) is 33.2. The summed E-state index contributed by atoms with van der Waals surface area (Å²) in [5.74, 6) is 0.608. The van der Waals surface area contributed by atoms with Gasteiger partial charge in [0, 0.05) is 42.8 Å². The molecule has 3 rings (SSSR count). The largest absolute Gasteiger partial charge is 0.493 e. The number of amides is 2. The van der Waals surface area contributed by atoms with Gasteiger partial charge < -0.3 is 15.4 Å². The maximum absolute atomic E-state index is 12.7. The van der Waals surface area contributed by atoms with E-state index < -0.39 is 5.60 Å². The molecule has 8 heteroatoms. The molecule has 1 fully saturated rings. The number of amidine groups is 1. The fourth-order valence-electron chi connectivity index (χ4n) is 4.05. The Morgan fingerprint density at radius 1 is 1.12 bits per heavy atom. The maximum atomic E-state index is 12.7. The smallest absolute Gasteiger partial charge is 0.339 e. The Morgan fingerprint density at radius 3 is 2.38 bits per heavy atom. The zero-order valence-corrected chi connectivity index (χ0v) is 20.3. The first-order valence-corrected chi connectivity index (χ1v) is 11.7. The van der Waals surface area contributed by atoms with Crippen molar-refractivity contribution in [1.29, 1.82) is 5.41 Å². The Morgan fingerprint density at radius 2 is 1.79 bits per heavy atom. The molecule has 0 spiro atoms. The van der Waals surface area contributed by atoms with E-state index in [-0.39, 0.29) is 16.4 Å². The fraction of sp³-hybridized carbons (Fsp3) is 0.423. The van der Waals surface area contributed by atoms with Crippen molar-refractivity contribution in [3.8, 4) is 5.75 Å². The van der Waals surface area contributed by atoms with Gasteiger partial charge in [-0.15, -0.1) is 0 Å². The van der Waals surface area contributed by atoms with Gasteiger partial charge in [-0.05, 0) is 57.9 Å². The van der Waals surface area contributed by atoms with Gasteiger partial charge in [-0.3, -0.25) is 10.2 Å². The highest BCUT2D eigenvalue weighted by atomic mass is 16.7. The summed E-state index contributed by atoms with van der Waals surface area (Å²) < 4.78 is 5.49. The summed E-state index contributed by atoms with van der Waals surface area (Å²) >= 11 is 0. The average Bonchev–Trinajstić information content (AvgIpc) is 3.35. The van der Waals surface area contributed by atoms with Crippen molar-refractivity contribution >= 4 is 23.8 Å². The normalized spacial score (nSPS) is 15.6. The number of carbonyl (C=O) groups excluding carboxylic acids is 2. The van der Waals surface area contributed by atoms with Gasteiger partial charge in [-0.1, -0.05) is 16.8 Å². The zero-order chi connectivity index (χ0) is 24.8. The van der Waals surface area contributed by atoms with Crippen LogP contribution in [-0.4, -0.2) is 54.9 Å². The van der Waals surface area contributed by atoms with Crippen LogP contribution < -0.4 is 15.1 Å². The van der Waals surface area contributed by atoms with E-state index in [9.17, 15) is 9.59 Å². The van der Waals surface area contributed by atoms with Gasteiger partial charge in [0.1, 0.15) is 23.7 Å². The number of rotatable bonds is 10.